The van der Waals surface area contributed by atoms with Gasteiger partial charge in [-0.2, -0.15) is 0 Å². The number of thiazole rings is 1. The molecule has 2 rings (SSSR count). The zero-order valence-electron chi connectivity index (χ0n) is 8.52. The van der Waals surface area contributed by atoms with Crippen molar-refractivity contribution >= 4 is 33.2 Å². The van der Waals surface area contributed by atoms with Crippen LogP contribution in [0.25, 0.3) is 0 Å². The van der Waals surface area contributed by atoms with Gasteiger partial charge in [0.05, 0.1) is 5.51 Å². The summed E-state index contributed by atoms with van der Waals surface area (Å²) in [5.41, 5.74) is 2.28. The molecule has 1 aliphatic rings. The minimum atomic E-state index is 0.0629. The number of carbonyl (C=O) groups excluding carboxylic acids is 1. The van der Waals surface area contributed by atoms with Crippen LogP contribution in [0.1, 0.15) is 30.3 Å². The number of halogens is 1. The highest BCUT2D eigenvalue weighted by atomic mass is 79.9. The van der Waals surface area contributed by atoms with Crippen molar-refractivity contribution in [3.05, 3.63) is 16.6 Å². The molecule has 1 amide bonds. The van der Waals surface area contributed by atoms with E-state index in [2.05, 4.69) is 27.8 Å². The van der Waals surface area contributed by atoms with Gasteiger partial charge in [0.2, 0.25) is 0 Å². The summed E-state index contributed by atoms with van der Waals surface area (Å²) >= 11 is 5.04. The van der Waals surface area contributed by atoms with E-state index in [1.54, 1.807) is 5.51 Å². The Kier molecular flexibility index (Phi) is 3.41. The Morgan fingerprint density at radius 3 is 3.13 bits per heavy atom. The normalized spacial score (nSPS) is 26.7. The lowest BCUT2D eigenvalue weighted by molar-refractivity contribution is 0.0639. The highest BCUT2D eigenvalue weighted by molar-refractivity contribution is 9.09. The first-order valence-electron chi connectivity index (χ1n) is 5.01. The zero-order valence-corrected chi connectivity index (χ0v) is 10.9. The van der Waals surface area contributed by atoms with Crippen LogP contribution in [0.5, 0.6) is 0 Å². The van der Waals surface area contributed by atoms with Crippen LogP contribution in [0, 0.1) is 0 Å². The summed E-state index contributed by atoms with van der Waals surface area (Å²) in [6.07, 6.45) is 2.20. The van der Waals surface area contributed by atoms with E-state index in [0.717, 1.165) is 19.4 Å². The lowest BCUT2D eigenvalue weighted by Gasteiger charge is -2.35. The summed E-state index contributed by atoms with van der Waals surface area (Å²) in [4.78, 5) is 18.5. The van der Waals surface area contributed by atoms with Crippen LogP contribution in [0.15, 0.2) is 10.9 Å². The Bertz CT molecular complexity index is 341. The third-order valence-corrected chi connectivity index (χ3v) is 4.07. The molecule has 0 bridgehead atoms. The largest absolute Gasteiger partial charge is 0.333 e. The maximum absolute atomic E-state index is 12.1. The summed E-state index contributed by atoms with van der Waals surface area (Å²) in [5, 5.41) is 1.81. The second-order valence-electron chi connectivity index (χ2n) is 3.85. The number of likely N-dealkylation sites (tertiary alicyclic amines) is 1. The monoisotopic (exact) mass is 288 g/mol. The topological polar surface area (TPSA) is 33.2 Å². The van der Waals surface area contributed by atoms with E-state index in [0.29, 0.717) is 16.6 Å². The van der Waals surface area contributed by atoms with Gasteiger partial charge in [-0.05, 0) is 19.8 Å². The number of carbonyl (C=O) groups is 1. The molecule has 0 saturated carbocycles. The average molecular weight is 289 g/mol. The third-order valence-electron chi connectivity index (χ3n) is 2.74. The SMILES string of the molecule is CC1CCC(Br)CN1C(=O)c1cscn1. The first kappa shape index (κ1) is 11.1. The molecule has 3 nitrogen and oxygen atoms in total. The molecule has 0 aromatic carbocycles. The van der Waals surface area contributed by atoms with E-state index in [9.17, 15) is 4.79 Å². The van der Waals surface area contributed by atoms with Crippen LogP contribution in [-0.2, 0) is 0 Å². The predicted molar refractivity (Wildman–Crippen MR) is 64.6 cm³/mol. The first-order valence-corrected chi connectivity index (χ1v) is 6.87. The Morgan fingerprint density at radius 1 is 1.67 bits per heavy atom. The Balaban J connectivity index is 2.12. The number of hydrogen-bond acceptors (Lipinski definition) is 3. The molecule has 2 heterocycles. The quantitative estimate of drug-likeness (QED) is 0.744. The maximum Gasteiger partial charge on any atom is 0.273 e. The molecule has 1 aromatic rings. The standard InChI is InChI=1S/C10H13BrN2OS/c1-7-2-3-8(11)4-13(7)10(14)9-5-15-6-12-9/h5-8H,2-4H2,1H3. The van der Waals surface area contributed by atoms with E-state index in [-0.39, 0.29) is 5.91 Å². The third kappa shape index (κ3) is 2.39. The molecule has 82 valence electrons. The molecule has 0 N–H and O–H groups in total. The smallest absolute Gasteiger partial charge is 0.273 e. The molecule has 1 saturated heterocycles. The summed E-state index contributed by atoms with van der Waals surface area (Å²) in [5.74, 6) is 0.0629. The van der Waals surface area contributed by atoms with Gasteiger partial charge in [0.25, 0.3) is 5.91 Å². The molecule has 0 aliphatic carbocycles. The van der Waals surface area contributed by atoms with Crippen LogP contribution in [0.4, 0.5) is 0 Å². The van der Waals surface area contributed by atoms with Gasteiger partial charge in [0.1, 0.15) is 5.69 Å². The summed E-state index contributed by atoms with van der Waals surface area (Å²) in [6, 6.07) is 0.327. The molecule has 2 unspecified atom stereocenters. The molecule has 1 aliphatic heterocycles. The number of aromatic nitrogens is 1. The van der Waals surface area contributed by atoms with E-state index >= 15 is 0 Å². The second-order valence-corrected chi connectivity index (χ2v) is 5.87. The Morgan fingerprint density at radius 2 is 2.47 bits per heavy atom. The molecule has 0 radical (unpaired) electrons. The van der Waals surface area contributed by atoms with Crippen molar-refractivity contribution in [2.75, 3.05) is 6.54 Å². The molecule has 2 atom stereocenters. The van der Waals surface area contributed by atoms with E-state index in [4.69, 9.17) is 0 Å². The molecule has 5 heteroatoms. The van der Waals surface area contributed by atoms with Gasteiger partial charge in [0.15, 0.2) is 0 Å². The number of nitrogens with zero attached hydrogens (tertiary/aromatic N) is 2. The van der Waals surface area contributed by atoms with Crippen molar-refractivity contribution in [3.63, 3.8) is 0 Å². The van der Waals surface area contributed by atoms with Gasteiger partial charge >= 0.3 is 0 Å². The molecule has 1 aromatic heterocycles. The van der Waals surface area contributed by atoms with Crippen LogP contribution >= 0.6 is 27.3 Å². The van der Waals surface area contributed by atoms with Crippen LogP contribution in [-0.4, -0.2) is 33.2 Å². The molecule has 1 fully saturated rings. The second kappa shape index (κ2) is 4.61. The van der Waals surface area contributed by atoms with Gasteiger partial charge in [-0.3, -0.25) is 4.79 Å². The molecule has 0 spiro atoms. The lowest BCUT2D eigenvalue weighted by Crippen LogP contribution is -2.46. The van der Waals surface area contributed by atoms with Gasteiger partial charge in [0, 0.05) is 22.8 Å². The number of amides is 1. The summed E-state index contributed by atoms with van der Waals surface area (Å²) in [6.45, 7) is 2.89. The summed E-state index contributed by atoms with van der Waals surface area (Å²) in [7, 11) is 0. The number of alkyl halides is 1. The van der Waals surface area contributed by atoms with Gasteiger partial charge in [-0.15, -0.1) is 11.3 Å². The highest BCUT2D eigenvalue weighted by Gasteiger charge is 2.28. The molecular weight excluding hydrogens is 276 g/mol. The Hall–Kier alpha value is -0.420. The van der Waals surface area contributed by atoms with Crippen molar-refractivity contribution < 1.29 is 4.79 Å². The zero-order chi connectivity index (χ0) is 10.8. The van der Waals surface area contributed by atoms with Crippen LogP contribution < -0.4 is 0 Å². The van der Waals surface area contributed by atoms with Gasteiger partial charge in [-0.1, -0.05) is 15.9 Å². The minimum Gasteiger partial charge on any atom is -0.333 e. The van der Waals surface area contributed by atoms with Crippen molar-refractivity contribution in [1.82, 2.24) is 9.88 Å². The lowest BCUT2D eigenvalue weighted by atomic mass is 10.0. The highest BCUT2D eigenvalue weighted by Crippen LogP contribution is 2.23. The van der Waals surface area contributed by atoms with E-state index < -0.39 is 0 Å². The number of piperidine rings is 1. The average Bonchev–Trinajstić information content (AvgIpc) is 2.74. The van der Waals surface area contributed by atoms with Crippen molar-refractivity contribution in [1.29, 1.82) is 0 Å². The van der Waals surface area contributed by atoms with Crippen molar-refractivity contribution in [3.8, 4) is 0 Å². The fourth-order valence-electron chi connectivity index (χ4n) is 1.81. The Labute approximate surface area is 102 Å². The fraction of sp³-hybridized carbons (Fsp3) is 0.600. The fourth-order valence-corrected chi connectivity index (χ4v) is 2.91. The summed E-state index contributed by atoms with van der Waals surface area (Å²) < 4.78 is 0. The van der Waals surface area contributed by atoms with E-state index in [1.807, 2.05) is 10.3 Å². The van der Waals surface area contributed by atoms with Crippen molar-refractivity contribution in [2.45, 2.75) is 30.6 Å². The van der Waals surface area contributed by atoms with E-state index in [1.165, 1.54) is 11.3 Å². The van der Waals surface area contributed by atoms with Crippen LogP contribution in [0.2, 0.25) is 0 Å². The van der Waals surface area contributed by atoms with Gasteiger partial charge in [-0.25, -0.2) is 4.98 Å². The minimum absolute atomic E-state index is 0.0629. The number of hydrogen-bond donors (Lipinski definition) is 0. The number of rotatable bonds is 1. The van der Waals surface area contributed by atoms with Gasteiger partial charge < -0.3 is 4.90 Å². The predicted octanol–water partition coefficient (Wildman–Crippen LogP) is 2.53. The van der Waals surface area contributed by atoms with Crippen LogP contribution in [0.3, 0.4) is 0 Å². The molecular formula is C10H13BrN2OS. The maximum atomic E-state index is 12.1. The molecule has 15 heavy (non-hydrogen) atoms. The van der Waals surface area contributed by atoms with Crippen molar-refractivity contribution in [2.24, 2.45) is 0 Å². The first-order chi connectivity index (χ1) is 7.18.